The summed E-state index contributed by atoms with van der Waals surface area (Å²) < 4.78 is 0. The zero-order chi connectivity index (χ0) is 40.3. The van der Waals surface area contributed by atoms with Gasteiger partial charge in [0.05, 0.1) is 27.0 Å². The smallest absolute Gasteiger partial charge is 0.197 e. The molecule has 0 N–H and O–H groups in total. The lowest BCUT2D eigenvalue weighted by atomic mass is 9.77. The molecule has 7 aromatic rings. The van der Waals surface area contributed by atoms with Gasteiger partial charge in [-0.2, -0.15) is 0 Å². The van der Waals surface area contributed by atoms with Crippen molar-refractivity contribution in [3.05, 3.63) is 213 Å². The quantitative estimate of drug-likeness (QED) is 0.124. The topological polar surface area (TPSA) is 37.4 Å². The normalized spacial score (nSPS) is 15.9. The highest BCUT2D eigenvalue weighted by Crippen LogP contribution is 2.62. The molecule has 3 aliphatic rings. The predicted octanol–water partition coefficient (Wildman–Crippen LogP) is 14.8. The number of anilines is 2. The fraction of sp³-hybridized carbons (Fsp3) is 0.111. The first-order valence-corrected chi connectivity index (χ1v) is 20.9. The maximum absolute atomic E-state index is 13.8. The van der Waals surface area contributed by atoms with Gasteiger partial charge < -0.3 is 4.90 Å². The molecule has 1 fully saturated rings. The van der Waals surface area contributed by atoms with E-state index in [-0.39, 0.29) is 17.1 Å². The summed E-state index contributed by atoms with van der Waals surface area (Å²) in [5.74, 6) is -0.491. The monoisotopic (exact) mass is 803 g/mol. The summed E-state index contributed by atoms with van der Waals surface area (Å²) in [6.07, 6.45) is 7.63. The van der Waals surface area contributed by atoms with Crippen LogP contribution in [-0.4, -0.2) is 11.6 Å². The molecule has 1 aliphatic heterocycles. The summed E-state index contributed by atoms with van der Waals surface area (Å²) in [5.41, 5.74) is 14.6. The van der Waals surface area contributed by atoms with Crippen molar-refractivity contribution in [3.8, 4) is 44.5 Å². The van der Waals surface area contributed by atoms with Gasteiger partial charge in [0.25, 0.3) is 0 Å². The number of nitrogens with zero attached hydrogens (tertiary/aromatic N) is 1. The number of rotatable bonds is 6. The zero-order valence-electron chi connectivity index (χ0n) is 32.5. The Bertz CT molecular complexity index is 2730. The van der Waals surface area contributed by atoms with Crippen molar-refractivity contribution in [2.75, 3.05) is 4.90 Å². The lowest BCUT2D eigenvalue weighted by Crippen LogP contribution is -2.27. The van der Waals surface area contributed by atoms with Gasteiger partial charge in [-0.05, 0) is 101 Å². The van der Waals surface area contributed by atoms with Crippen molar-refractivity contribution in [2.24, 2.45) is 0 Å². The van der Waals surface area contributed by atoms with Crippen LogP contribution >= 0.6 is 23.2 Å². The first-order chi connectivity index (χ1) is 28.8. The SMILES string of the molecule is Cc1cc(-c2ccc(-c3ccccc3)cc2)c(N2/C(=C/C=C3C(=O)c4ccccc4C3=O)C3(CCCC3)c3cc(Cl)c(Cl)cc32)c(-c2ccc(-c3ccccc3)cc2)c1. The Hall–Kier alpha value is -6.26. The van der Waals surface area contributed by atoms with E-state index in [4.69, 9.17) is 23.2 Å². The van der Waals surface area contributed by atoms with E-state index < -0.39 is 5.41 Å². The molecular weight excluding hydrogens is 766 g/mol. The molecular formula is C54H39Cl2NO2. The molecule has 1 heterocycles. The maximum atomic E-state index is 13.8. The first-order valence-electron chi connectivity index (χ1n) is 20.2. The van der Waals surface area contributed by atoms with Crippen LogP contribution in [-0.2, 0) is 5.41 Å². The summed E-state index contributed by atoms with van der Waals surface area (Å²) in [5, 5.41) is 0.972. The zero-order valence-corrected chi connectivity index (χ0v) is 34.0. The molecule has 1 spiro atoms. The molecule has 3 nitrogen and oxygen atoms in total. The van der Waals surface area contributed by atoms with Crippen molar-refractivity contribution in [1.29, 1.82) is 0 Å². The van der Waals surface area contributed by atoms with E-state index in [2.05, 4.69) is 121 Å². The van der Waals surface area contributed by atoms with Crippen LogP contribution in [0.1, 0.15) is 57.5 Å². The van der Waals surface area contributed by atoms with Crippen LogP contribution in [0.25, 0.3) is 44.5 Å². The van der Waals surface area contributed by atoms with Crippen molar-refractivity contribution in [1.82, 2.24) is 0 Å². The van der Waals surface area contributed by atoms with E-state index in [1.54, 1.807) is 30.3 Å². The average Bonchev–Trinajstić information content (AvgIpc) is 3.93. The van der Waals surface area contributed by atoms with Gasteiger partial charge in [-0.25, -0.2) is 0 Å². The summed E-state index contributed by atoms with van der Waals surface area (Å²) in [6, 6.07) is 54.1. The lowest BCUT2D eigenvalue weighted by Gasteiger charge is -2.33. The van der Waals surface area contributed by atoms with Gasteiger partial charge in [-0.15, -0.1) is 0 Å². The Balaban J connectivity index is 1.24. The van der Waals surface area contributed by atoms with Gasteiger partial charge >= 0.3 is 0 Å². The molecule has 0 bridgehead atoms. The number of Topliss-reactive ketones (excluding diaryl/α,β-unsaturated/α-hetero) is 2. The molecule has 10 rings (SSSR count). The minimum Gasteiger partial charge on any atom is -0.312 e. The van der Waals surface area contributed by atoms with Crippen LogP contribution in [0.2, 0.25) is 10.0 Å². The van der Waals surface area contributed by atoms with E-state index in [0.29, 0.717) is 21.2 Å². The third-order valence-electron chi connectivity index (χ3n) is 12.4. The molecule has 0 aromatic heterocycles. The summed E-state index contributed by atoms with van der Waals surface area (Å²) >= 11 is 13.9. The molecule has 0 amide bonds. The Morgan fingerprint density at radius 2 is 0.949 bits per heavy atom. The number of carbonyl (C=O) groups excluding carboxylic acids is 2. The van der Waals surface area contributed by atoms with Gasteiger partial charge in [0.2, 0.25) is 0 Å². The average molecular weight is 805 g/mol. The Labute approximate surface area is 354 Å². The highest BCUT2D eigenvalue weighted by molar-refractivity contribution is 6.42. The number of ketones is 2. The van der Waals surface area contributed by atoms with Gasteiger partial charge in [-0.3, -0.25) is 9.59 Å². The molecule has 0 atom stereocenters. The Morgan fingerprint density at radius 3 is 1.46 bits per heavy atom. The second kappa shape index (κ2) is 14.8. The van der Waals surface area contributed by atoms with Crippen molar-refractivity contribution < 1.29 is 9.59 Å². The fourth-order valence-corrected chi connectivity index (χ4v) is 9.88. The van der Waals surface area contributed by atoms with Crippen molar-refractivity contribution in [3.63, 3.8) is 0 Å². The summed E-state index contributed by atoms with van der Waals surface area (Å²) in [7, 11) is 0. The number of benzene rings is 7. The minimum atomic E-state index is -0.425. The standard InChI is InChI=1S/C54H39Cl2NO2/c1-34-30-44(39-22-18-37(19-23-39)35-12-4-2-5-13-35)51(45(31-34)40-24-20-38(21-25-40)36-14-6-3-7-15-36)57-49-33-48(56)47(55)32-46(49)54(28-10-11-29-54)50(57)27-26-43-52(58)41-16-8-9-17-42(41)53(43)59/h2-9,12-27,30-33H,10-11,28-29H2,1H3/b50-27+. The third-order valence-corrected chi connectivity index (χ3v) is 13.1. The predicted molar refractivity (Wildman–Crippen MR) is 243 cm³/mol. The fourth-order valence-electron chi connectivity index (χ4n) is 9.56. The summed E-state index contributed by atoms with van der Waals surface area (Å²) in [6.45, 7) is 2.15. The van der Waals surface area contributed by atoms with E-state index in [9.17, 15) is 9.59 Å². The second-order valence-corrected chi connectivity index (χ2v) is 16.7. The van der Waals surface area contributed by atoms with Gasteiger partial charge in [0, 0.05) is 33.4 Å². The van der Waals surface area contributed by atoms with E-state index in [1.165, 1.54) is 0 Å². The Morgan fingerprint density at radius 1 is 0.508 bits per heavy atom. The lowest BCUT2D eigenvalue weighted by molar-refractivity contribution is 0.0988. The molecule has 0 radical (unpaired) electrons. The molecule has 5 heteroatoms. The van der Waals surface area contributed by atoms with Crippen LogP contribution < -0.4 is 4.90 Å². The maximum Gasteiger partial charge on any atom is 0.197 e. The molecule has 7 aromatic carbocycles. The highest BCUT2D eigenvalue weighted by atomic mass is 35.5. The molecule has 1 saturated carbocycles. The number of carbonyl (C=O) groups is 2. The number of allylic oxidation sites excluding steroid dienone is 4. The third kappa shape index (κ3) is 6.28. The second-order valence-electron chi connectivity index (χ2n) is 15.8. The van der Waals surface area contributed by atoms with Crippen molar-refractivity contribution in [2.45, 2.75) is 38.0 Å². The first kappa shape index (κ1) is 37.0. The largest absolute Gasteiger partial charge is 0.312 e. The van der Waals surface area contributed by atoms with Gasteiger partial charge in [0.1, 0.15) is 0 Å². The minimum absolute atomic E-state index is 0.177. The van der Waals surface area contributed by atoms with Crippen LogP contribution in [0.5, 0.6) is 0 Å². The number of fused-ring (bicyclic) bond motifs is 3. The number of hydrogen-bond acceptors (Lipinski definition) is 3. The van der Waals surface area contributed by atoms with Gasteiger partial charge in [0.15, 0.2) is 11.6 Å². The van der Waals surface area contributed by atoms with Crippen LogP contribution in [0.15, 0.2) is 181 Å². The molecule has 2 aliphatic carbocycles. The van der Waals surface area contributed by atoms with E-state index in [1.807, 2.05) is 30.3 Å². The van der Waals surface area contributed by atoms with E-state index in [0.717, 1.165) is 98.4 Å². The number of aryl methyl sites for hydroxylation is 1. The molecule has 0 saturated heterocycles. The molecule has 59 heavy (non-hydrogen) atoms. The van der Waals surface area contributed by atoms with Crippen LogP contribution in [0.3, 0.4) is 0 Å². The van der Waals surface area contributed by atoms with E-state index >= 15 is 0 Å². The Kier molecular flexibility index (Phi) is 9.32. The molecule has 0 unspecified atom stereocenters. The van der Waals surface area contributed by atoms with Crippen LogP contribution in [0.4, 0.5) is 11.4 Å². The number of hydrogen-bond donors (Lipinski definition) is 0. The van der Waals surface area contributed by atoms with Gasteiger partial charge in [-0.1, -0.05) is 170 Å². The summed E-state index contributed by atoms with van der Waals surface area (Å²) in [4.78, 5) is 29.9. The van der Waals surface area contributed by atoms with Crippen LogP contribution in [0, 0.1) is 6.92 Å². The number of halogens is 2. The van der Waals surface area contributed by atoms with Crippen molar-refractivity contribution >= 4 is 46.1 Å². The highest BCUT2D eigenvalue weighted by Gasteiger charge is 2.50. The molecule has 286 valence electrons.